The maximum Gasteiger partial charge on any atom is 0.254 e. The van der Waals surface area contributed by atoms with E-state index in [0.29, 0.717) is 10.6 Å². The van der Waals surface area contributed by atoms with E-state index in [1.54, 1.807) is 0 Å². The summed E-state index contributed by atoms with van der Waals surface area (Å²) in [6.45, 7) is 3.75. The Bertz CT molecular complexity index is 673. The van der Waals surface area contributed by atoms with Gasteiger partial charge in [0.2, 0.25) is 0 Å². The van der Waals surface area contributed by atoms with Gasteiger partial charge in [-0.15, -0.1) is 5.10 Å². The van der Waals surface area contributed by atoms with Gasteiger partial charge in [0.25, 0.3) is 5.56 Å². The monoisotopic (exact) mass is 293 g/mol. The Balaban J connectivity index is 2.47. The minimum absolute atomic E-state index is 0.100. The summed E-state index contributed by atoms with van der Waals surface area (Å²) in [4.78, 5) is 12.2. The standard InChI is InChI=1S/C12H12BrN3O/c1-6-10-7(2)14-15-11(13)9(10)5-16(12(6)17)8-3-4-8/h5,8H,3-4H2,1-2H3. The molecule has 1 aliphatic rings. The fraction of sp³-hybridized carbons (Fsp3) is 0.417. The molecule has 1 fully saturated rings. The number of nitrogens with zero attached hydrogens (tertiary/aromatic N) is 3. The minimum atomic E-state index is 0.100. The van der Waals surface area contributed by atoms with Crippen LogP contribution in [0.25, 0.3) is 10.8 Å². The van der Waals surface area contributed by atoms with Gasteiger partial charge in [0.05, 0.1) is 5.69 Å². The molecule has 0 atom stereocenters. The molecular weight excluding hydrogens is 282 g/mol. The molecule has 0 saturated heterocycles. The van der Waals surface area contributed by atoms with E-state index in [0.717, 1.165) is 34.9 Å². The van der Waals surface area contributed by atoms with Gasteiger partial charge in [-0.3, -0.25) is 4.79 Å². The number of aryl methyl sites for hydroxylation is 2. The summed E-state index contributed by atoms with van der Waals surface area (Å²) in [5.41, 5.74) is 1.67. The minimum Gasteiger partial charge on any atom is -0.312 e. The Hall–Kier alpha value is -1.23. The van der Waals surface area contributed by atoms with Crippen molar-refractivity contribution >= 4 is 26.7 Å². The lowest BCUT2D eigenvalue weighted by atomic mass is 10.1. The van der Waals surface area contributed by atoms with Crippen LogP contribution in [0.5, 0.6) is 0 Å². The summed E-state index contributed by atoms with van der Waals surface area (Å²) in [6, 6.07) is 0.381. The second-order valence-electron chi connectivity index (χ2n) is 4.56. The van der Waals surface area contributed by atoms with Crippen LogP contribution in [0, 0.1) is 13.8 Å². The lowest BCUT2D eigenvalue weighted by Gasteiger charge is -2.10. The number of halogens is 1. The SMILES string of the molecule is Cc1nnc(Br)c2cn(C3CC3)c(=O)c(C)c12. The van der Waals surface area contributed by atoms with E-state index in [2.05, 4.69) is 26.1 Å². The zero-order valence-corrected chi connectivity index (χ0v) is 11.3. The fourth-order valence-corrected chi connectivity index (χ4v) is 2.61. The van der Waals surface area contributed by atoms with Crippen molar-refractivity contribution in [1.29, 1.82) is 0 Å². The molecular formula is C12H12BrN3O. The molecule has 1 saturated carbocycles. The van der Waals surface area contributed by atoms with Crippen LogP contribution < -0.4 is 5.56 Å². The zero-order valence-electron chi connectivity index (χ0n) is 9.70. The molecule has 4 nitrogen and oxygen atoms in total. The van der Waals surface area contributed by atoms with Gasteiger partial charge in [-0.25, -0.2) is 0 Å². The summed E-state index contributed by atoms with van der Waals surface area (Å²) in [6.07, 6.45) is 4.11. The molecule has 5 heteroatoms. The Kier molecular flexibility index (Phi) is 2.33. The number of fused-ring (bicyclic) bond motifs is 1. The van der Waals surface area contributed by atoms with Gasteiger partial charge in [-0.1, -0.05) is 0 Å². The molecule has 0 aliphatic heterocycles. The van der Waals surface area contributed by atoms with Gasteiger partial charge in [0, 0.05) is 28.6 Å². The highest BCUT2D eigenvalue weighted by Gasteiger charge is 2.26. The predicted octanol–water partition coefficient (Wildman–Crippen LogP) is 2.51. The molecule has 3 rings (SSSR count). The Morgan fingerprint density at radius 3 is 2.71 bits per heavy atom. The summed E-state index contributed by atoms with van der Waals surface area (Å²) in [7, 11) is 0. The summed E-state index contributed by atoms with van der Waals surface area (Å²) < 4.78 is 2.54. The van der Waals surface area contributed by atoms with Crippen molar-refractivity contribution in [2.24, 2.45) is 0 Å². The van der Waals surface area contributed by atoms with E-state index in [1.807, 2.05) is 24.6 Å². The van der Waals surface area contributed by atoms with Crippen LogP contribution in [-0.4, -0.2) is 14.8 Å². The van der Waals surface area contributed by atoms with Crippen LogP contribution in [0.1, 0.15) is 30.1 Å². The van der Waals surface area contributed by atoms with E-state index in [4.69, 9.17) is 0 Å². The van der Waals surface area contributed by atoms with E-state index in [1.165, 1.54) is 0 Å². The molecule has 0 bridgehead atoms. The smallest absolute Gasteiger partial charge is 0.254 e. The van der Waals surface area contributed by atoms with Crippen LogP contribution in [0.3, 0.4) is 0 Å². The number of pyridine rings is 1. The van der Waals surface area contributed by atoms with Crippen molar-refractivity contribution in [2.75, 3.05) is 0 Å². The molecule has 0 unspecified atom stereocenters. The number of hydrogen-bond donors (Lipinski definition) is 0. The molecule has 2 aromatic rings. The van der Waals surface area contributed by atoms with Crippen molar-refractivity contribution in [2.45, 2.75) is 32.7 Å². The van der Waals surface area contributed by atoms with Crippen LogP contribution >= 0.6 is 15.9 Å². The molecule has 0 spiro atoms. The van der Waals surface area contributed by atoms with Crippen molar-refractivity contribution in [3.63, 3.8) is 0 Å². The normalized spacial score (nSPS) is 15.5. The molecule has 17 heavy (non-hydrogen) atoms. The fourth-order valence-electron chi connectivity index (χ4n) is 2.23. The first-order valence-electron chi connectivity index (χ1n) is 5.64. The van der Waals surface area contributed by atoms with Gasteiger partial charge < -0.3 is 4.57 Å². The maximum absolute atomic E-state index is 12.2. The zero-order chi connectivity index (χ0) is 12.2. The predicted molar refractivity (Wildman–Crippen MR) is 69.2 cm³/mol. The first-order valence-corrected chi connectivity index (χ1v) is 6.43. The summed E-state index contributed by atoms with van der Waals surface area (Å²) in [5.74, 6) is 0. The Morgan fingerprint density at radius 1 is 1.35 bits per heavy atom. The molecule has 0 aromatic carbocycles. The molecule has 0 radical (unpaired) electrons. The highest BCUT2D eigenvalue weighted by Crippen LogP contribution is 2.35. The first kappa shape index (κ1) is 10.9. The number of hydrogen-bond acceptors (Lipinski definition) is 3. The maximum atomic E-state index is 12.2. The van der Waals surface area contributed by atoms with Gasteiger partial charge in [-0.05, 0) is 42.6 Å². The molecule has 0 N–H and O–H groups in total. The Morgan fingerprint density at radius 2 is 2.06 bits per heavy atom. The molecule has 0 amide bonds. The van der Waals surface area contributed by atoms with Crippen LogP contribution in [0.4, 0.5) is 0 Å². The number of aromatic nitrogens is 3. The van der Waals surface area contributed by atoms with E-state index in [-0.39, 0.29) is 5.56 Å². The highest BCUT2D eigenvalue weighted by molar-refractivity contribution is 9.10. The van der Waals surface area contributed by atoms with Crippen molar-refractivity contribution in [3.05, 3.63) is 32.4 Å². The average molecular weight is 294 g/mol. The molecule has 2 aromatic heterocycles. The van der Waals surface area contributed by atoms with Crippen LogP contribution in [0.2, 0.25) is 0 Å². The number of rotatable bonds is 1. The third kappa shape index (κ3) is 1.60. The highest BCUT2D eigenvalue weighted by atomic mass is 79.9. The van der Waals surface area contributed by atoms with Gasteiger partial charge in [0.15, 0.2) is 0 Å². The molecule has 88 valence electrons. The first-order chi connectivity index (χ1) is 8.09. The van der Waals surface area contributed by atoms with E-state index in [9.17, 15) is 4.79 Å². The van der Waals surface area contributed by atoms with Gasteiger partial charge in [-0.2, -0.15) is 5.10 Å². The lowest BCUT2D eigenvalue weighted by molar-refractivity contribution is 0.707. The van der Waals surface area contributed by atoms with E-state index < -0.39 is 0 Å². The Labute approximate surface area is 107 Å². The van der Waals surface area contributed by atoms with Crippen molar-refractivity contribution < 1.29 is 0 Å². The topological polar surface area (TPSA) is 47.8 Å². The van der Waals surface area contributed by atoms with Crippen molar-refractivity contribution in [3.8, 4) is 0 Å². The largest absolute Gasteiger partial charge is 0.312 e. The third-order valence-electron chi connectivity index (χ3n) is 3.28. The molecule has 1 aliphatic carbocycles. The van der Waals surface area contributed by atoms with Crippen LogP contribution in [-0.2, 0) is 0 Å². The lowest BCUT2D eigenvalue weighted by Crippen LogP contribution is -2.21. The second-order valence-corrected chi connectivity index (χ2v) is 5.31. The van der Waals surface area contributed by atoms with Gasteiger partial charge >= 0.3 is 0 Å². The third-order valence-corrected chi connectivity index (χ3v) is 3.87. The molecule has 2 heterocycles. The second kappa shape index (κ2) is 3.63. The average Bonchev–Trinajstić information content (AvgIpc) is 3.11. The summed E-state index contributed by atoms with van der Waals surface area (Å²) >= 11 is 3.40. The quantitative estimate of drug-likeness (QED) is 0.812. The van der Waals surface area contributed by atoms with Crippen molar-refractivity contribution in [1.82, 2.24) is 14.8 Å². The summed E-state index contributed by atoms with van der Waals surface area (Å²) in [5, 5.41) is 10.0. The van der Waals surface area contributed by atoms with Crippen LogP contribution in [0.15, 0.2) is 15.6 Å². The van der Waals surface area contributed by atoms with Gasteiger partial charge in [0.1, 0.15) is 4.60 Å². The van der Waals surface area contributed by atoms with E-state index >= 15 is 0 Å².